The van der Waals surface area contributed by atoms with Gasteiger partial charge in [-0.05, 0) is 32.1 Å². The lowest BCUT2D eigenvalue weighted by Gasteiger charge is -2.31. The van der Waals surface area contributed by atoms with Crippen molar-refractivity contribution in [3.63, 3.8) is 0 Å². The average Bonchev–Trinajstić information content (AvgIpc) is 2.56. The van der Waals surface area contributed by atoms with Crippen LogP contribution in [0.5, 0.6) is 0 Å². The Labute approximate surface area is 72.0 Å². The maximum absolute atomic E-state index is 9.94. The van der Waals surface area contributed by atoms with Crippen molar-refractivity contribution in [2.24, 2.45) is 5.41 Å². The van der Waals surface area contributed by atoms with Crippen LogP contribution in [0.2, 0.25) is 0 Å². The molecule has 3 fully saturated rings. The van der Waals surface area contributed by atoms with Crippen LogP contribution >= 0.6 is 0 Å². The highest BCUT2D eigenvalue weighted by molar-refractivity contribution is 5.12. The minimum atomic E-state index is -1.46. The zero-order valence-corrected chi connectivity index (χ0v) is 7.16. The first-order valence-corrected chi connectivity index (χ1v) is 4.87. The number of hydrogen-bond acceptors (Lipinski definition) is 3. The SMILES string of the molecule is OC1(O)N2CCCC2CC12CC2. The van der Waals surface area contributed by atoms with Crippen LogP contribution in [-0.4, -0.2) is 33.6 Å². The molecule has 1 atom stereocenters. The summed E-state index contributed by atoms with van der Waals surface area (Å²) in [6.07, 6.45) is 5.31. The van der Waals surface area contributed by atoms with Crippen molar-refractivity contribution in [1.29, 1.82) is 0 Å². The number of fused-ring (bicyclic) bond motifs is 1. The Morgan fingerprint density at radius 1 is 1.25 bits per heavy atom. The highest BCUT2D eigenvalue weighted by atomic mass is 16.5. The molecule has 2 aliphatic heterocycles. The van der Waals surface area contributed by atoms with Gasteiger partial charge in [0.25, 0.3) is 0 Å². The molecule has 1 saturated carbocycles. The molecule has 1 aliphatic carbocycles. The number of rotatable bonds is 0. The third-order valence-electron chi connectivity index (χ3n) is 3.97. The topological polar surface area (TPSA) is 43.7 Å². The van der Waals surface area contributed by atoms with Gasteiger partial charge in [-0.25, -0.2) is 4.90 Å². The summed E-state index contributed by atoms with van der Waals surface area (Å²) in [5.41, 5.74) is -0.127. The van der Waals surface area contributed by atoms with Crippen molar-refractivity contribution in [2.75, 3.05) is 6.54 Å². The normalized spacial score (nSPS) is 42.0. The van der Waals surface area contributed by atoms with Gasteiger partial charge < -0.3 is 10.2 Å². The molecule has 1 unspecified atom stereocenters. The minimum Gasteiger partial charge on any atom is -0.353 e. The summed E-state index contributed by atoms with van der Waals surface area (Å²) in [7, 11) is 0. The van der Waals surface area contributed by atoms with Gasteiger partial charge in [0.05, 0.1) is 0 Å². The van der Waals surface area contributed by atoms with Crippen LogP contribution < -0.4 is 0 Å². The van der Waals surface area contributed by atoms with Gasteiger partial charge in [0.15, 0.2) is 0 Å². The zero-order chi connectivity index (χ0) is 8.40. The van der Waals surface area contributed by atoms with Crippen LogP contribution in [-0.2, 0) is 0 Å². The summed E-state index contributed by atoms with van der Waals surface area (Å²) in [5, 5.41) is 19.9. The molecular weight excluding hydrogens is 154 g/mol. The lowest BCUT2D eigenvalue weighted by atomic mass is 9.98. The van der Waals surface area contributed by atoms with Crippen molar-refractivity contribution < 1.29 is 10.2 Å². The Morgan fingerprint density at radius 3 is 2.58 bits per heavy atom. The van der Waals surface area contributed by atoms with Crippen LogP contribution in [0.4, 0.5) is 0 Å². The van der Waals surface area contributed by atoms with E-state index in [0.29, 0.717) is 6.04 Å². The van der Waals surface area contributed by atoms with Gasteiger partial charge in [0.2, 0.25) is 5.91 Å². The molecule has 0 amide bonds. The van der Waals surface area contributed by atoms with Crippen LogP contribution in [0.1, 0.15) is 32.1 Å². The highest BCUT2D eigenvalue weighted by Crippen LogP contribution is 2.63. The second-order valence-electron chi connectivity index (χ2n) is 4.61. The monoisotopic (exact) mass is 169 g/mol. The predicted molar refractivity (Wildman–Crippen MR) is 43.2 cm³/mol. The summed E-state index contributed by atoms with van der Waals surface area (Å²) in [5.74, 6) is -1.46. The van der Waals surface area contributed by atoms with E-state index in [2.05, 4.69) is 0 Å². The first kappa shape index (κ1) is 7.30. The van der Waals surface area contributed by atoms with Gasteiger partial charge in [-0.1, -0.05) is 0 Å². The molecule has 0 aromatic carbocycles. The first-order chi connectivity index (χ1) is 5.66. The largest absolute Gasteiger partial charge is 0.353 e. The lowest BCUT2D eigenvalue weighted by molar-refractivity contribution is -0.278. The van der Waals surface area contributed by atoms with E-state index in [1.165, 1.54) is 0 Å². The van der Waals surface area contributed by atoms with Crippen molar-refractivity contribution in [2.45, 2.75) is 44.1 Å². The fourth-order valence-electron chi connectivity index (χ4n) is 3.04. The second-order valence-corrected chi connectivity index (χ2v) is 4.61. The molecule has 2 heterocycles. The Kier molecular flexibility index (Phi) is 1.13. The maximum atomic E-state index is 9.94. The first-order valence-electron chi connectivity index (χ1n) is 4.87. The number of aliphatic hydroxyl groups is 2. The maximum Gasteiger partial charge on any atom is 0.231 e. The Morgan fingerprint density at radius 2 is 2.00 bits per heavy atom. The molecule has 3 aliphatic rings. The van der Waals surface area contributed by atoms with Gasteiger partial charge in [-0.2, -0.15) is 0 Å². The Hall–Kier alpha value is -0.120. The molecule has 2 saturated heterocycles. The molecule has 3 heteroatoms. The summed E-state index contributed by atoms with van der Waals surface area (Å²) in [6.45, 7) is 0.874. The van der Waals surface area contributed by atoms with Crippen LogP contribution in [0, 0.1) is 5.41 Å². The molecule has 3 nitrogen and oxygen atoms in total. The Bertz CT molecular complexity index is 223. The fourth-order valence-corrected chi connectivity index (χ4v) is 3.04. The summed E-state index contributed by atoms with van der Waals surface area (Å²) < 4.78 is 0. The minimum absolute atomic E-state index is 0.127. The molecule has 12 heavy (non-hydrogen) atoms. The van der Waals surface area contributed by atoms with Crippen molar-refractivity contribution in [3.05, 3.63) is 0 Å². The van der Waals surface area contributed by atoms with Crippen LogP contribution in [0.15, 0.2) is 0 Å². The number of nitrogens with zero attached hydrogens (tertiary/aromatic N) is 1. The van der Waals surface area contributed by atoms with Gasteiger partial charge in [0, 0.05) is 18.0 Å². The predicted octanol–water partition coefficient (Wildman–Crippen LogP) is 0.273. The van der Waals surface area contributed by atoms with E-state index in [1.807, 2.05) is 4.90 Å². The molecule has 0 bridgehead atoms. The quantitative estimate of drug-likeness (QED) is 0.512. The third-order valence-corrected chi connectivity index (χ3v) is 3.97. The van der Waals surface area contributed by atoms with Crippen LogP contribution in [0.25, 0.3) is 0 Å². The molecule has 68 valence electrons. The smallest absolute Gasteiger partial charge is 0.231 e. The van der Waals surface area contributed by atoms with Gasteiger partial charge in [0.1, 0.15) is 0 Å². The van der Waals surface area contributed by atoms with Gasteiger partial charge in [-0.3, -0.25) is 0 Å². The molecule has 3 rings (SSSR count). The van der Waals surface area contributed by atoms with E-state index < -0.39 is 5.91 Å². The van der Waals surface area contributed by atoms with E-state index in [9.17, 15) is 10.2 Å². The summed E-state index contributed by atoms with van der Waals surface area (Å²) >= 11 is 0. The van der Waals surface area contributed by atoms with E-state index in [0.717, 1.165) is 38.6 Å². The number of hydrogen-bond donors (Lipinski definition) is 2. The molecule has 1 spiro atoms. The Balaban J connectivity index is 1.97. The molecule has 0 aromatic heterocycles. The lowest BCUT2D eigenvalue weighted by Crippen LogP contribution is -2.49. The van der Waals surface area contributed by atoms with Crippen molar-refractivity contribution in [1.82, 2.24) is 4.90 Å². The van der Waals surface area contributed by atoms with Crippen molar-refractivity contribution in [3.8, 4) is 0 Å². The second kappa shape index (κ2) is 1.86. The summed E-state index contributed by atoms with van der Waals surface area (Å²) in [4.78, 5) is 1.90. The van der Waals surface area contributed by atoms with Crippen molar-refractivity contribution >= 4 is 0 Å². The summed E-state index contributed by atoms with van der Waals surface area (Å²) in [6, 6.07) is 0.461. The van der Waals surface area contributed by atoms with E-state index in [4.69, 9.17) is 0 Å². The molecule has 2 N–H and O–H groups in total. The average molecular weight is 169 g/mol. The standard InChI is InChI=1S/C9H15NO2/c11-9(12)8(3-4-8)6-7-2-1-5-10(7)9/h7,11-12H,1-6H2. The highest BCUT2D eigenvalue weighted by Gasteiger charge is 2.68. The zero-order valence-electron chi connectivity index (χ0n) is 7.16. The van der Waals surface area contributed by atoms with Crippen LogP contribution in [0.3, 0.4) is 0 Å². The molecule has 0 radical (unpaired) electrons. The van der Waals surface area contributed by atoms with E-state index in [-0.39, 0.29) is 5.41 Å². The third kappa shape index (κ3) is 0.640. The fraction of sp³-hybridized carbons (Fsp3) is 1.00. The van der Waals surface area contributed by atoms with E-state index in [1.54, 1.807) is 0 Å². The van der Waals surface area contributed by atoms with Gasteiger partial charge >= 0.3 is 0 Å². The van der Waals surface area contributed by atoms with Gasteiger partial charge in [-0.15, -0.1) is 0 Å². The molecule has 0 aromatic rings. The molecular formula is C9H15NO2. The van der Waals surface area contributed by atoms with E-state index >= 15 is 0 Å².